The van der Waals surface area contributed by atoms with E-state index in [1.54, 1.807) is 24.7 Å². The van der Waals surface area contributed by atoms with E-state index in [2.05, 4.69) is 38.1 Å². The predicted octanol–water partition coefficient (Wildman–Crippen LogP) is 3.19. The van der Waals surface area contributed by atoms with Crippen LogP contribution in [0.5, 0.6) is 0 Å². The largest absolute Gasteiger partial charge is 0.314 e. The highest BCUT2D eigenvalue weighted by atomic mass is 35.5. The van der Waals surface area contributed by atoms with E-state index in [0.717, 1.165) is 23.6 Å². The molecule has 24 heavy (non-hydrogen) atoms. The number of rotatable bonds is 2. The van der Waals surface area contributed by atoms with Gasteiger partial charge in [-0.1, -0.05) is 6.92 Å². The van der Waals surface area contributed by atoms with E-state index in [1.165, 1.54) is 0 Å². The first-order valence-electron chi connectivity index (χ1n) is 7.45. The third-order valence-electron chi connectivity index (χ3n) is 4.05. The maximum absolute atomic E-state index is 9.01. The van der Waals surface area contributed by atoms with E-state index in [-0.39, 0.29) is 11.3 Å². The van der Waals surface area contributed by atoms with Crippen LogP contribution in [0.4, 0.5) is 11.5 Å². The SMILES string of the molecule is CCC1c2nncn2-c2cnc(Cl)nc2N1c1ccc(C#N)cc1. The molecule has 0 saturated heterocycles. The van der Waals surface area contributed by atoms with Crippen LogP contribution in [-0.4, -0.2) is 24.7 Å². The minimum Gasteiger partial charge on any atom is -0.314 e. The molecule has 2 aromatic heterocycles. The molecule has 118 valence electrons. The van der Waals surface area contributed by atoms with Gasteiger partial charge in [-0.15, -0.1) is 10.2 Å². The zero-order chi connectivity index (χ0) is 16.7. The number of benzene rings is 1. The molecule has 1 atom stereocenters. The zero-order valence-corrected chi connectivity index (χ0v) is 13.5. The molecule has 4 rings (SSSR count). The normalized spacial score (nSPS) is 15.5. The lowest BCUT2D eigenvalue weighted by Gasteiger charge is -2.36. The number of halogens is 1. The second kappa shape index (κ2) is 5.58. The molecule has 0 N–H and O–H groups in total. The standard InChI is InChI=1S/C16H12ClN7/c1-2-12-15-22-20-9-23(15)13-8-19-16(17)21-14(13)24(12)11-5-3-10(7-18)4-6-11/h3-6,8-9,12H,2H2,1H3. The van der Waals surface area contributed by atoms with Crippen molar-refractivity contribution < 1.29 is 0 Å². The van der Waals surface area contributed by atoms with Crippen molar-refractivity contribution in [1.29, 1.82) is 5.26 Å². The van der Waals surface area contributed by atoms with Gasteiger partial charge in [0, 0.05) is 5.69 Å². The van der Waals surface area contributed by atoms with Gasteiger partial charge in [-0.2, -0.15) is 10.2 Å². The highest BCUT2D eigenvalue weighted by Gasteiger charge is 2.34. The molecule has 0 saturated carbocycles. The van der Waals surface area contributed by atoms with Gasteiger partial charge in [0.25, 0.3) is 0 Å². The molecule has 3 heterocycles. The summed E-state index contributed by atoms with van der Waals surface area (Å²) in [6, 6.07) is 9.44. The summed E-state index contributed by atoms with van der Waals surface area (Å²) in [6.45, 7) is 2.08. The lowest BCUT2D eigenvalue weighted by molar-refractivity contribution is 0.589. The second-order valence-electron chi connectivity index (χ2n) is 5.36. The van der Waals surface area contributed by atoms with Gasteiger partial charge in [0.1, 0.15) is 12.0 Å². The molecule has 8 heteroatoms. The molecule has 1 aliphatic heterocycles. The number of nitriles is 1. The smallest absolute Gasteiger partial charge is 0.224 e. The molecule has 7 nitrogen and oxygen atoms in total. The second-order valence-corrected chi connectivity index (χ2v) is 5.70. The fraction of sp³-hybridized carbons (Fsp3) is 0.188. The highest BCUT2D eigenvalue weighted by molar-refractivity contribution is 6.28. The summed E-state index contributed by atoms with van der Waals surface area (Å²) in [5, 5.41) is 17.5. The lowest BCUT2D eigenvalue weighted by Crippen LogP contribution is -2.32. The minimum absolute atomic E-state index is 0.0427. The Morgan fingerprint density at radius 3 is 2.79 bits per heavy atom. The van der Waals surface area contributed by atoms with Gasteiger partial charge in [-0.25, -0.2) is 4.98 Å². The van der Waals surface area contributed by atoms with Crippen LogP contribution < -0.4 is 4.90 Å². The van der Waals surface area contributed by atoms with E-state index in [4.69, 9.17) is 16.9 Å². The minimum atomic E-state index is -0.0427. The van der Waals surface area contributed by atoms with Crippen molar-refractivity contribution in [1.82, 2.24) is 24.7 Å². The first kappa shape index (κ1) is 14.6. The quantitative estimate of drug-likeness (QED) is 0.668. The van der Waals surface area contributed by atoms with Crippen LogP contribution in [0.15, 0.2) is 36.8 Å². The van der Waals surface area contributed by atoms with Crippen LogP contribution >= 0.6 is 11.6 Å². The average Bonchev–Trinajstić information content (AvgIpc) is 3.10. The Morgan fingerprint density at radius 1 is 1.29 bits per heavy atom. The van der Waals surface area contributed by atoms with Crippen molar-refractivity contribution in [2.75, 3.05) is 4.90 Å². The Hall–Kier alpha value is -2.98. The van der Waals surface area contributed by atoms with Gasteiger partial charge in [0.2, 0.25) is 5.28 Å². The van der Waals surface area contributed by atoms with Crippen LogP contribution in [0, 0.1) is 11.3 Å². The molecule has 1 aliphatic rings. The van der Waals surface area contributed by atoms with Gasteiger partial charge in [-0.05, 0) is 42.3 Å². The fourth-order valence-corrected chi connectivity index (χ4v) is 3.11. The zero-order valence-electron chi connectivity index (χ0n) is 12.8. The summed E-state index contributed by atoms with van der Waals surface area (Å²) in [4.78, 5) is 10.6. The van der Waals surface area contributed by atoms with E-state index in [1.807, 2.05) is 16.7 Å². The monoisotopic (exact) mass is 337 g/mol. The van der Waals surface area contributed by atoms with Gasteiger partial charge >= 0.3 is 0 Å². The van der Waals surface area contributed by atoms with Crippen LogP contribution in [0.3, 0.4) is 0 Å². The van der Waals surface area contributed by atoms with Crippen molar-refractivity contribution in [2.24, 2.45) is 0 Å². The topological polar surface area (TPSA) is 83.5 Å². The molecule has 1 unspecified atom stereocenters. The Balaban J connectivity index is 1.95. The van der Waals surface area contributed by atoms with E-state index < -0.39 is 0 Å². The molecule has 0 aliphatic carbocycles. The molecule has 3 aromatic rings. The number of anilines is 2. The van der Waals surface area contributed by atoms with Crippen molar-refractivity contribution in [3.05, 3.63) is 53.5 Å². The van der Waals surface area contributed by atoms with E-state index in [9.17, 15) is 0 Å². The molecule has 0 radical (unpaired) electrons. The first-order chi connectivity index (χ1) is 11.7. The first-order valence-corrected chi connectivity index (χ1v) is 7.83. The molecular weight excluding hydrogens is 326 g/mol. The predicted molar refractivity (Wildman–Crippen MR) is 88.3 cm³/mol. The molecular formula is C16H12ClN7. The Kier molecular flexibility index (Phi) is 3.40. The summed E-state index contributed by atoms with van der Waals surface area (Å²) in [5.41, 5.74) is 2.28. The average molecular weight is 338 g/mol. The maximum atomic E-state index is 9.01. The Labute approximate surface area is 143 Å². The molecule has 0 fully saturated rings. The summed E-state index contributed by atoms with van der Waals surface area (Å²) in [5.74, 6) is 1.51. The number of hydrogen-bond acceptors (Lipinski definition) is 6. The molecule has 0 amide bonds. The third-order valence-corrected chi connectivity index (χ3v) is 4.24. The summed E-state index contributed by atoms with van der Waals surface area (Å²) >= 11 is 6.04. The number of hydrogen-bond donors (Lipinski definition) is 0. The highest BCUT2D eigenvalue weighted by Crippen LogP contribution is 2.42. The summed E-state index contributed by atoms with van der Waals surface area (Å²) < 4.78 is 1.89. The summed E-state index contributed by atoms with van der Waals surface area (Å²) in [6.07, 6.45) is 4.13. The van der Waals surface area contributed by atoms with Crippen molar-refractivity contribution in [3.63, 3.8) is 0 Å². The van der Waals surface area contributed by atoms with Gasteiger partial charge in [-0.3, -0.25) is 4.57 Å². The van der Waals surface area contributed by atoms with Crippen LogP contribution in [0.25, 0.3) is 5.69 Å². The summed E-state index contributed by atoms with van der Waals surface area (Å²) in [7, 11) is 0. The van der Waals surface area contributed by atoms with Gasteiger partial charge < -0.3 is 4.90 Å². The van der Waals surface area contributed by atoms with Crippen LogP contribution in [0.1, 0.15) is 30.8 Å². The Bertz CT molecular complexity index is 942. The van der Waals surface area contributed by atoms with E-state index in [0.29, 0.717) is 11.4 Å². The third kappa shape index (κ3) is 2.12. The maximum Gasteiger partial charge on any atom is 0.224 e. The molecule has 0 bridgehead atoms. The lowest BCUT2D eigenvalue weighted by atomic mass is 10.1. The van der Waals surface area contributed by atoms with E-state index >= 15 is 0 Å². The van der Waals surface area contributed by atoms with Gasteiger partial charge in [0.05, 0.1) is 23.9 Å². The molecule has 1 aromatic carbocycles. The van der Waals surface area contributed by atoms with Crippen LogP contribution in [0.2, 0.25) is 5.28 Å². The van der Waals surface area contributed by atoms with Crippen molar-refractivity contribution in [2.45, 2.75) is 19.4 Å². The number of fused-ring (bicyclic) bond motifs is 3. The molecule has 0 spiro atoms. The Morgan fingerprint density at radius 2 is 2.08 bits per heavy atom. The van der Waals surface area contributed by atoms with Crippen molar-refractivity contribution in [3.8, 4) is 11.8 Å². The van der Waals surface area contributed by atoms with Crippen molar-refractivity contribution >= 4 is 23.1 Å². The van der Waals surface area contributed by atoms with Gasteiger partial charge in [0.15, 0.2) is 11.6 Å². The number of nitrogens with zero attached hydrogens (tertiary/aromatic N) is 7. The fourth-order valence-electron chi connectivity index (χ4n) is 2.98. The van der Waals surface area contributed by atoms with Crippen LogP contribution in [-0.2, 0) is 0 Å². The number of aromatic nitrogens is 5.